The Bertz CT molecular complexity index is 479. The van der Waals surface area contributed by atoms with Crippen LogP contribution in [0, 0.1) is 16.0 Å². The third kappa shape index (κ3) is 3.68. The smallest absolute Gasteiger partial charge is 0.288 e. The summed E-state index contributed by atoms with van der Waals surface area (Å²) in [5, 5.41) is 13.2. The molecule has 7 heteroatoms. The number of carbonyl (C=O) groups is 1. The number of nitro groups is 1. The minimum atomic E-state index is -0.574. The normalized spacial score (nSPS) is 12.3. The van der Waals surface area contributed by atoms with Crippen LogP contribution in [0.1, 0.15) is 13.8 Å². The van der Waals surface area contributed by atoms with Gasteiger partial charge in [-0.1, -0.05) is 41.4 Å². The van der Waals surface area contributed by atoms with E-state index in [1.54, 1.807) is 0 Å². The summed E-state index contributed by atoms with van der Waals surface area (Å²) in [6.07, 6.45) is 0. The molecule has 0 aromatic heterocycles. The summed E-state index contributed by atoms with van der Waals surface area (Å²) < 4.78 is 0. The van der Waals surface area contributed by atoms with E-state index < -0.39 is 4.92 Å². The lowest BCUT2D eigenvalue weighted by Crippen LogP contribution is -2.26. The Kier molecular flexibility index (Phi) is 5.10. The van der Waals surface area contributed by atoms with Gasteiger partial charge in [-0.15, -0.1) is 0 Å². The number of hydrogen-bond donors (Lipinski definition) is 1. The second-order valence-electron chi connectivity index (χ2n) is 4.06. The number of nitrogens with one attached hydrogen (secondary N) is 1. The van der Waals surface area contributed by atoms with Crippen LogP contribution in [-0.2, 0) is 4.79 Å². The molecule has 0 saturated heterocycles. The molecule has 1 N–H and O–H groups in total. The monoisotopic (exact) mass is 334 g/mol. The van der Waals surface area contributed by atoms with Crippen molar-refractivity contribution in [3.8, 4) is 0 Å². The van der Waals surface area contributed by atoms with Gasteiger partial charge < -0.3 is 5.32 Å². The first kappa shape index (κ1) is 14.9. The van der Waals surface area contributed by atoms with Crippen LogP contribution >= 0.6 is 27.5 Å². The van der Waals surface area contributed by atoms with Gasteiger partial charge in [0, 0.05) is 11.8 Å². The quantitative estimate of drug-likeness (QED) is 0.519. The van der Waals surface area contributed by atoms with E-state index >= 15 is 0 Å². The van der Waals surface area contributed by atoms with E-state index in [4.69, 9.17) is 11.6 Å². The molecule has 18 heavy (non-hydrogen) atoms. The molecule has 1 aromatic rings. The maximum absolute atomic E-state index is 11.7. The number of carbonyl (C=O) groups excluding carboxylic acids is 1. The molecule has 0 bridgehead atoms. The van der Waals surface area contributed by atoms with Gasteiger partial charge in [-0.2, -0.15) is 0 Å². The van der Waals surface area contributed by atoms with Crippen LogP contribution in [0.15, 0.2) is 18.2 Å². The van der Waals surface area contributed by atoms with Crippen LogP contribution in [0.4, 0.5) is 11.4 Å². The first-order valence-electron chi connectivity index (χ1n) is 5.21. The Labute approximate surface area is 118 Å². The zero-order valence-corrected chi connectivity index (χ0v) is 12.2. The molecule has 5 nitrogen and oxygen atoms in total. The topological polar surface area (TPSA) is 72.2 Å². The molecule has 1 amide bonds. The minimum Gasteiger partial charge on any atom is -0.325 e. The average molecular weight is 336 g/mol. The Hall–Kier alpha value is -1.14. The molecular weight excluding hydrogens is 323 g/mol. The van der Waals surface area contributed by atoms with Crippen LogP contribution in [0.3, 0.4) is 0 Å². The highest BCUT2D eigenvalue weighted by molar-refractivity contribution is 9.10. The number of benzene rings is 1. The summed E-state index contributed by atoms with van der Waals surface area (Å²) in [7, 11) is 0. The van der Waals surface area contributed by atoms with Gasteiger partial charge in [0.05, 0.1) is 9.75 Å². The Morgan fingerprint density at radius 2 is 2.11 bits per heavy atom. The van der Waals surface area contributed by atoms with Crippen LogP contribution in [-0.4, -0.2) is 15.7 Å². The summed E-state index contributed by atoms with van der Waals surface area (Å²) in [5.74, 6) is -0.0755. The molecule has 1 atom stereocenters. The fourth-order valence-electron chi connectivity index (χ4n) is 1.25. The number of alkyl halides is 1. The van der Waals surface area contributed by atoms with Crippen molar-refractivity contribution in [3.63, 3.8) is 0 Å². The Morgan fingerprint density at radius 3 is 2.56 bits per heavy atom. The van der Waals surface area contributed by atoms with Crippen molar-refractivity contribution in [1.82, 2.24) is 0 Å². The summed E-state index contributed by atoms with van der Waals surface area (Å²) in [5.41, 5.74) is 0.245. The van der Waals surface area contributed by atoms with Gasteiger partial charge in [-0.25, -0.2) is 0 Å². The molecule has 1 aromatic carbocycles. The van der Waals surface area contributed by atoms with Gasteiger partial charge in [0.2, 0.25) is 5.91 Å². The lowest BCUT2D eigenvalue weighted by molar-refractivity contribution is -0.384. The van der Waals surface area contributed by atoms with Crippen molar-refractivity contribution in [2.45, 2.75) is 18.7 Å². The van der Waals surface area contributed by atoms with E-state index in [1.807, 2.05) is 13.8 Å². The van der Waals surface area contributed by atoms with E-state index in [0.29, 0.717) is 5.69 Å². The van der Waals surface area contributed by atoms with E-state index in [0.717, 1.165) is 0 Å². The molecule has 1 rings (SSSR count). The highest BCUT2D eigenvalue weighted by Crippen LogP contribution is 2.27. The SMILES string of the molecule is CC(C)C(Br)C(=O)Nc1ccc([N+](=O)[O-])c(Cl)c1. The van der Waals surface area contributed by atoms with E-state index in [1.165, 1.54) is 18.2 Å². The highest BCUT2D eigenvalue weighted by atomic mass is 79.9. The standard InChI is InChI=1S/C11H12BrClN2O3/c1-6(2)10(12)11(16)14-7-3-4-9(15(17)18)8(13)5-7/h3-6,10H,1-2H3,(H,14,16). The molecule has 0 fully saturated rings. The summed E-state index contributed by atoms with van der Waals surface area (Å²) >= 11 is 9.01. The van der Waals surface area contributed by atoms with Gasteiger partial charge in [0.15, 0.2) is 0 Å². The van der Waals surface area contributed by atoms with Crippen LogP contribution in [0.5, 0.6) is 0 Å². The summed E-state index contributed by atoms with van der Waals surface area (Å²) in [6.45, 7) is 3.81. The number of halogens is 2. The zero-order chi connectivity index (χ0) is 13.9. The molecule has 0 heterocycles. The number of anilines is 1. The molecule has 0 aliphatic heterocycles. The lowest BCUT2D eigenvalue weighted by atomic mass is 10.1. The van der Waals surface area contributed by atoms with Gasteiger partial charge in [-0.3, -0.25) is 14.9 Å². The zero-order valence-electron chi connectivity index (χ0n) is 9.81. The molecule has 98 valence electrons. The third-order valence-electron chi connectivity index (χ3n) is 2.25. The van der Waals surface area contributed by atoms with Crippen LogP contribution in [0.2, 0.25) is 5.02 Å². The number of nitrogens with zero attached hydrogens (tertiary/aromatic N) is 1. The van der Waals surface area contributed by atoms with E-state index in [2.05, 4.69) is 21.2 Å². The van der Waals surface area contributed by atoms with Crippen LogP contribution < -0.4 is 5.32 Å². The highest BCUT2D eigenvalue weighted by Gasteiger charge is 2.19. The lowest BCUT2D eigenvalue weighted by Gasteiger charge is -2.13. The minimum absolute atomic E-state index is 0.00605. The number of hydrogen-bond acceptors (Lipinski definition) is 3. The molecule has 0 saturated carbocycles. The van der Waals surface area contributed by atoms with Crippen molar-refractivity contribution in [2.24, 2.45) is 5.92 Å². The molecule has 0 aliphatic rings. The van der Waals surface area contributed by atoms with E-state index in [-0.39, 0.29) is 27.4 Å². The maximum atomic E-state index is 11.7. The van der Waals surface area contributed by atoms with Crippen molar-refractivity contribution < 1.29 is 9.72 Å². The second-order valence-corrected chi connectivity index (χ2v) is 5.45. The Balaban J connectivity index is 2.84. The molecule has 0 radical (unpaired) electrons. The molecular formula is C11H12BrClN2O3. The van der Waals surface area contributed by atoms with Crippen molar-refractivity contribution in [3.05, 3.63) is 33.3 Å². The number of rotatable bonds is 4. The van der Waals surface area contributed by atoms with Gasteiger partial charge in [0.1, 0.15) is 5.02 Å². The molecule has 0 aliphatic carbocycles. The van der Waals surface area contributed by atoms with Gasteiger partial charge in [-0.05, 0) is 18.1 Å². The van der Waals surface area contributed by atoms with Crippen molar-refractivity contribution in [1.29, 1.82) is 0 Å². The maximum Gasteiger partial charge on any atom is 0.288 e. The largest absolute Gasteiger partial charge is 0.325 e. The summed E-state index contributed by atoms with van der Waals surface area (Å²) in [6, 6.07) is 4.07. The second kappa shape index (κ2) is 6.15. The van der Waals surface area contributed by atoms with E-state index in [9.17, 15) is 14.9 Å². The number of nitro benzene ring substituents is 1. The predicted molar refractivity (Wildman–Crippen MR) is 74.3 cm³/mol. The number of amides is 1. The van der Waals surface area contributed by atoms with Crippen molar-refractivity contribution >= 4 is 44.8 Å². The summed E-state index contributed by atoms with van der Waals surface area (Å²) in [4.78, 5) is 21.4. The molecule has 0 spiro atoms. The first-order chi connectivity index (χ1) is 8.32. The fourth-order valence-corrected chi connectivity index (χ4v) is 1.61. The predicted octanol–water partition coefficient (Wildman–Crippen LogP) is 3.61. The first-order valence-corrected chi connectivity index (χ1v) is 6.51. The Morgan fingerprint density at radius 1 is 1.50 bits per heavy atom. The fraction of sp³-hybridized carbons (Fsp3) is 0.364. The van der Waals surface area contributed by atoms with Crippen LogP contribution in [0.25, 0.3) is 0 Å². The van der Waals surface area contributed by atoms with Crippen molar-refractivity contribution in [2.75, 3.05) is 5.32 Å². The van der Waals surface area contributed by atoms with Gasteiger partial charge >= 0.3 is 0 Å². The van der Waals surface area contributed by atoms with Gasteiger partial charge in [0.25, 0.3) is 5.69 Å². The molecule has 1 unspecified atom stereocenters. The third-order valence-corrected chi connectivity index (χ3v) is 4.02. The average Bonchev–Trinajstić information content (AvgIpc) is 2.27.